The van der Waals surface area contributed by atoms with Gasteiger partial charge in [0.25, 0.3) is 5.56 Å². The number of carbonyl (C=O) groups is 4. The van der Waals surface area contributed by atoms with Gasteiger partial charge in [0.15, 0.2) is 23.6 Å². The van der Waals surface area contributed by atoms with E-state index in [4.69, 9.17) is 18.9 Å². The molecule has 0 saturated carbocycles. The molecular formula is C20H27N3O9S. The summed E-state index contributed by atoms with van der Waals surface area (Å²) in [4.78, 5) is 63.4. The highest BCUT2D eigenvalue weighted by atomic mass is 32.2. The highest BCUT2D eigenvalue weighted by Gasteiger charge is 2.51. The van der Waals surface area contributed by atoms with Crippen LogP contribution in [-0.2, 0) is 38.1 Å². The van der Waals surface area contributed by atoms with E-state index in [9.17, 15) is 24.0 Å². The molecule has 1 amide bonds. The molecule has 182 valence electrons. The Kier molecular flexibility index (Phi) is 8.99. The van der Waals surface area contributed by atoms with Gasteiger partial charge in [0.1, 0.15) is 18.8 Å². The Balaban J connectivity index is 2.67. The Labute approximate surface area is 194 Å². The average molecular weight is 486 g/mol. The second-order valence-corrected chi connectivity index (χ2v) is 8.14. The number of amides is 1. The second-order valence-electron chi connectivity index (χ2n) is 7.37. The Morgan fingerprint density at radius 1 is 1.09 bits per heavy atom. The van der Waals surface area contributed by atoms with Gasteiger partial charge >= 0.3 is 17.9 Å². The largest absolute Gasteiger partial charge is 0.463 e. The van der Waals surface area contributed by atoms with Crippen LogP contribution in [0.1, 0.15) is 39.5 Å². The first-order valence-electron chi connectivity index (χ1n) is 9.98. The number of rotatable bonds is 7. The van der Waals surface area contributed by atoms with Crippen molar-refractivity contribution in [1.29, 1.82) is 0 Å². The third-order valence-electron chi connectivity index (χ3n) is 4.64. The van der Waals surface area contributed by atoms with Crippen molar-refractivity contribution in [3.05, 3.63) is 22.1 Å². The van der Waals surface area contributed by atoms with Crippen molar-refractivity contribution in [2.75, 3.05) is 12.9 Å². The molecule has 0 spiro atoms. The molecule has 33 heavy (non-hydrogen) atoms. The minimum atomic E-state index is -1.20. The predicted molar refractivity (Wildman–Crippen MR) is 114 cm³/mol. The standard InChI is InChI=1S/C20H27N3O9S/c1-9-7-23(20(33-6)22-18(9)28)19-15(21-10(2)24)17(31-13(5)27)16(30-12(4)26)14(32-19)8-29-11(3)25/h7,14-17,19H,8H2,1-6H3,(H,21,24)/t14-,15-,16-,17-,19-/m1/s1. The van der Waals surface area contributed by atoms with Crippen molar-refractivity contribution in [1.82, 2.24) is 14.9 Å². The quantitative estimate of drug-likeness (QED) is 0.242. The smallest absolute Gasteiger partial charge is 0.303 e. The van der Waals surface area contributed by atoms with Gasteiger partial charge in [0, 0.05) is 39.5 Å². The first-order valence-corrected chi connectivity index (χ1v) is 11.2. The number of carbonyl (C=O) groups excluding carboxylic acids is 4. The van der Waals surface area contributed by atoms with Gasteiger partial charge < -0.3 is 24.3 Å². The molecule has 0 bridgehead atoms. The predicted octanol–water partition coefficient (Wildman–Crippen LogP) is 0.102. The molecule has 1 fully saturated rings. The zero-order chi connectivity index (χ0) is 24.9. The molecule has 5 atom stereocenters. The van der Waals surface area contributed by atoms with Gasteiger partial charge in [-0.15, -0.1) is 0 Å². The summed E-state index contributed by atoms with van der Waals surface area (Å²) in [6, 6.07) is -1.04. The average Bonchev–Trinajstić information content (AvgIpc) is 2.70. The van der Waals surface area contributed by atoms with Crippen LogP contribution < -0.4 is 10.9 Å². The van der Waals surface area contributed by atoms with Crippen molar-refractivity contribution < 1.29 is 38.1 Å². The summed E-state index contributed by atoms with van der Waals surface area (Å²) in [6.07, 6.45) is -1.33. The van der Waals surface area contributed by atoms with E-state index in [2.05, 4.69) is 10.3 Å². The fourth-order valence-electron chi connectivity index (χ4n) is 3.43. The van der Waals surface area contributed by atoms with Crippen molar-refractivity contribution in [2.45, 2.75) is 70.4 Å². The van der Waals surface area contributed by atoms with E-state index >= 15 is 0 Å². The molecule has 2 rings (SSSR count). The maximum absolute atomic E-state index is 12.1. The molecule has 0 aromatic carbocycles. The van der Waals surface area contributed by atoms with E-state index in [1.54, 1.807) is 13.2 Å². The molecule has 2 heterocycles. The molecule has 1 aromatic rings. The van der Waals surface area contributed by atoms with Crippen LogP contribution in [0, 0.1) is 6.92 Å². The lowest BCUT2D eigenvalue weighted by atomic mass is 9.95. The lowest BCUT2D eigenvalue weighted by Gasteiger charge is -2.46. The topological polar surface area (TPSA) is 152 Å². The number of aryl methyl sites for hydroxylation is 1. The van der Waals surface area contributed by atoms with Crippen molar-refractivity contribution in [3.8, 4) is 0 Å². The highest BCUT2D eigenvalue weighted by molar-refractivity contribution is 7.98. The molecule has 1 N–H and O–H groups in total. The molecule has 0 aliphatic carbocycles. The lowest BCUT2D eigenvalue weighted by molar-refractivity contribution is -0.238. The number of hydrogen-bond acceptors (Lipinski definition) is 11. The minimum absolute atomic E-state index is 0.268. The normalized spacial score (nSPS) is 24.5. The number of ether oxygens (including phenoxy) is 4. The van der Waals surface area contributed by atoms with Gasteiger partial charge in [0.05, 0.1) is 0 Å². The zero-order valence-corrected chi connectivity index (χ0v) is 20.0. The maximum atomic E-state index is 12.1. The van der Waals surface area contributed by atoms with Gasteiger partial charge in [-0.1, -0.05) is 11.8 Å². The van der Waals surface area contributed by atoms with Crippen molar-refractivity contribution >= 4 is 35.6 Å². The number of hydrogen-bond donors (Lipinski definition) is 1. The van der Waals surface area contributed by atoms with Gasteiger partial charge in [-0.25, -0.2) is 0 Å². The number of thioether (sulfide) groups is 1. The molecular weight excluding hydrogens is 458 g/mol. The third kappa shape index (κ3) is 6.78. The van der Waals surface area contributed by atoms with Crippen molar-refractivity contribution in [3.63, 3.8) is 0 Å². The fourth-order valence-corrected chi connectivity index (χ4v) is 3.97. The minimum Gasteiger partial charge on any atom is -0.463 e. The van der Waals surface area contributed by atoms with E-state index in [0.29, 0.717) is 5.56 Å². The van der Waals surface area contributed by atoms with Crippen LogP contribution in [-0.4, -0.2) is 70.6 Å². The van der Waals surface area contributed by atoms with Crippen molar-refractivity contribution in [2.24, 2.45) is 0 Å². The molecule has 12 nitrogen and oxygen atoms in total. The molecule has 1 saturated heterocycles. The first-order chi connectivity index (χ1) is 15.4. The summed E-state index contributed by atoms with van der Waals surface area (Å²) >= 11 is 1.16. The maximum Gasteiger partial charge on any atom is 0.303 e. The van der Waals surface area contributed by atoms with Crippen LogP contribution in [0.4, 0.5) is 0 Å². The summed E-state index contributed by atoms with van der Waals surface area (Å²) in [6.45, 7) is 6.03. The van der Waals surface area contributed by atoms with Gasteiger partial charge in [-0.2, -0.15) is 4.98 Å². The summed E-state index contributed by atoms with van der Waals surface area (Å²) in [5.41, 5.74) is -0.131. The van der Waals surface area contributed by atoms with Crippen LogP contribution in [0.5, 0.6) is 0 Å². The van der Waals surface area contributed by atoms with Crippen LogP contribution in [0.3, 0.4) is 0 Å². The summed E-state index contributed by atoms with van der Waals surface area (Å²) in [7, 11) is 0. The number of esters is 3. The molecule has 1 aliphatic heterocycles. The van der Waals surface area contributed by atoms with E-state index in [0.717, 1.165) is 18.7 Å². The molecule has 0 radical (unpaired) electrons. The highest BCUT2D eigenvalue weighted by Crippen LogP contribution is 2.34. The van der Waals surface area contributed by atoms with Crippen LogP contribution in [0.15, 0.2) is 16.1 Å². The van der Waals surface area contributed by atoms with Crippen LogP contribution >= 0.6 is 11.8 Å². The Morgan fingerprint density at radius 3 is 2.21 bits per heavy atom. The molecule has 0 unspecified atom stereocenters. The Bertz CT molecular complexity index is 980. The molecule has 1 aromatic heterocycles. The fraction of sp³-hybridized carbons (Fsp3) is 0.600. The van der Waals surface area contributed by atoms with E-state index in [-0.39, 0.29) is 11.8 Å². The first kappa shape index (κ1) is 26.3. The van der Waals surface area contributed by atoms with E-state index < -0.39 is 60.0 Å². The summed E-state index contributed by atoms with van der Waals surface area (Å²) in [5, 5.41) is 2.95. The number of aromatic nitrogens is 2. The van der Waals surface area contributed by atoms with Gasteiger partial charge in [-0.05, 0) is 13.2 Å². The number of nitrogens with zero attached hydrogens (tertiary/aromatic N) is 2. The van der Waals surface area contributed by atoms with Gasteiger partial charge in [-0.3, -0.25) is 28.5 Å². The molecule has 1 aliphatic rings. The van der Waals surface area contributed by atoms with E-state index in [1.165, 1.54) is 31.5 Å². The SMILES string of the molecule is CSc1nc(=O)c(C)cn1[C@@H]1O[C@H](COC(C)=O)[C@@H](OC(C)=O)[C@H](OC(C)=O)[C@H]1NC(C)=O. The molecule has 13 heteroatoms. The summed E-state index contributed by atoms with van der Waals surface area (Å²) < 4.78 is 23.6. The number of nitrogens with one attached hydrogen (secondary N) is 1. The summed E-state index contributed by atoms with van der Waals surface area (Å²) in [5.74, 6) is -2.46. The zero-order valence-electron chi connectivity index (χ0n) is 19.1. The van der Waals surface area contributed by atoms with Crippen LogP contribution in [0.25, 0.3) is 0 Å². The monoisotopic (exact) mass is 485 g/mol. The van der Waals surface area contributed by atoms with Crippen LogP contribution in [0.2, 0.25) is 0 Å². The Hall–Kier alpha value is -2.93. The van der Waals surface area contributed by atoms with E-state index in [1.807, 2.05) is 0 Å². The Morgan fingerprint density at radius 2 is 1.70 bits per heavy atom. The lowest BCUT2D eigenvalue weighted by Crippen LogP contribution is -2.64. The second kappa shape index (κ2) is 11.3. The van der Waals surface area contributed by atoms with Gasteiger partial charge in [0.2, 0.25) is 5.91 Å². The third-order valence-corrected chi connectivity index (χ3v) is 5.30.